The van der Waals surface area contributed by atoms with Gasteiger partial charge in [-0.05, 0) is 24.3 Å². The summed E-state index contributed by atoms with van der Waals surface area (Å²) in [6.45, 7) is 0.967. The van der Waals surface area contributed by atoms with Crippen molar-refractivity contribution >= 4 is 44.8 Å². The predicted molar refractivity (Wildman–Crippen MR) is 114 cm³/mol. The first-order valence-corrected chi connectivity index (χ1v) is 11.1. The molecule has 3 rings (SSSR count). The normalized spacial score (nSPS) is 14.9. The van der Waals surface area contributed by atoms with E-state index in [1.165, 1.54) is 30.7 Å². The molecule has 8 nitrogen and oxygen atoms in total. The lowest BCUT2D eigenvalue weighted by Gasteiger charge is -2.26. The van der Waals surface area contributed by atoms with Crippen LogP contribution in [-0.2, 0) is 14.8 Å². The van der Waals surface area contributed by atoms with Crippen molar-refractivity contribution in [3.05, 3.63) is 45.9 Å². The van der Waals surface area contributed by atoms with E-state index in [-0.39, 0.29) is 46.8 Å². The van der Waals surface area contributed by atoms with Crippen LogP contribution in [0.2, 0.25) is 10.0 Å². The fourth-order valence-electron chi connectivity index (χ4n) is 2.93. The fraction of sp³-hybridized carbons (Fsp3) is 0.316. The van der Waals surface area contributed by atoms with Crippen molar-refractivity contribution in [2.24, 2.45) is 0 Å². The molecule has 1 N–H and O–H groups in total. The van der Waals surface area contributed by atoms with Gasteiger partial charge in [-0.3, -0.25) is 4.79 Å². The molecule has 0 aromatic heterocycles. The summed E-state index contributed by atoms with van der Waals surface area (Å²) < 4.78 is 42.9. The van der Waals surface area contributed by atoms with Crippen LogP contribution in [0.15, 0.2) is 35.2 Å². The molecule has 1 fully saturated rings. The number of benzene rings is 2. The van der Waals surface area contributed by atoms with Gasteiger partial charge in [0.25, 0.3) is 5.91 Å². The van der Waals surface area contributed by atoms with Gasteiger partial charge in [0, 0.05) is 19.2 Å². The van der Waals surface area contributed by atoms with Gasteiger partial charge in [-0.2, -0.15) is 4.31 Å². The number of sulfonamides is 1. The summed E-state index contributed by atoms with van der Waals surface area (Å²) in [6, 6.07) is 7.31. The van der Waals surface area contributed by atoms with Crippen molar-refractivity contribution in [1.82, 2.24) is 4.31 Å². The molecule has 1 saturated heterocycles. The summed E-state index contributed by atoms with van der Waals surface area (Å²) in [5.74, 6) is 0.279. The van der Waals surface area contributed by atoms with Crippen molar-refractivity contribution in [2.45, 2.75) is 4.90 Å². The number of carbonyl (C=O) groups excluding carboxylic acids is 1. The Morgan fingerprint density at radius 1 is 1.07 bits per heavy atom. The SMILES string of the molecule is COc1ccc(OC)c(NC(=O)c2cc(S(=O)(=O)N3CCOCC3)c(Cl)cc2Cl)c1. The molecule has 2 aromatic rings. The largest absolute Gasteiger partial charge is 0.497 e. The molecule has 0 spiro atoms. The quantitative estimate of drug-likeness (QED) is 0.690. The third-order valence-electron chi connectivity index (χ3n) is 4.51. The molecule has 1 aliphatic heterocycles. The Balaban J connectivity index is 1.97. The van der Waals surface area contributed by atoms with Crippen LogP contribution >= 0.6 is 23.2 Å². The highest BCUT2D eigenvalue weighted by Crippen LogP contribution is 2.33. The Labute approximate surface area is 184 Å². The Morgan fingerprint density at radius 3 is 2.40 bits per heavy atom. The number of amides is 1. The molecule has 0 unspecified atom stereocenters. The molecule has 1 aliphatic rings. The summed E-state index contributed by atoms with van der Waals surface area (Å²) in [6.07, 6.45) is 0. The fourth-order valence-corrected chi connectivity index (χ4v) is 5.17. The van der Waals surface area contributed by atoms with E-state index in [0.717, 1.165) is 0 Å². The van der Waals surface area contributed by atoms with Crippen LogP contribution in [0.5, 0.6) is 11.5 Å². The molecule has 0 bridgehead atoms. The molecule has 0 atom stereocenters. The Morgan fingerprint density at radius 2 is 1.77 bits per heavy atom. The number of nitrogens with zero attached hydrogens (tertiary/aromatic N) is 1. The number of nitrogens with one attached hydrogen (secondary N) is 1. The zero-order chi connectivity index (χ0) is 21.9. The van der Waals surface area contributed by atoms with Crippen LogP contribution in [0.25, 0.3) is 0 Å². The highest BCUT2D eigenvalue weighted by Gasteiger charge is 2.30. The van der Waals surface area contributed by atoms with Crippen molar-refractivity contribution in [2.75, 3.05) is 45.8 Å². The number of morpholine rings is 1. The van der Waals surface area contributed by atoms with E-state index in [9.17, 15) is 13.2 Å². The first-order valence-electron chi connectivity index (χ1n) is 8.88. The second-order valence-corrected chi connectivity index (χ2v) is 9.02. The highest BCUT2D eigenvalue weighted by atomic mass is 35.5. The van der Waals surface area contributed by atoms with Crippen LogP contribution in [0.4, 0.5) is 5.69 Å². The first kappa shape index (κ1) is 22.6. The molecule has 2 aromatic carbocycles. The van der Waals surface area contributed by atoms with Gasteiger partial charge in [-0.25, -0.2) is 8.42 Å². The smallest absolute Gasteiger partial charge is 0.257 e. The topological polar surface area (TPSA) is 94.2 Å². The standard InChI is InChI=1S/C19H20Cl2N2O6S/c1-27-12-3-4-17(28-2)16(9-12)22-19(24)13-10-18(15(21)11-14(13)20)30(25,26)23-5-7-29-8-6-23/h3-4,9-11H,5-8H2,1-2H3,(H,22,24). The summed E-state index contributed by atoms with van der Waals surface area (Å²) in [5.41, 5.74) is 0.295. The molecular formula is C19H20Cl2N2O6S. The molecule has 11 heteroatoms. The predicted octanol–water partition coefficient (Wildman–Crippen LogP) is 3.28. The lowest BCUT2D eigenvalue weighted by Crippen LogP contribution is -2.40. The van der Waals surface area contributed by atoms with Crippen molar-refractivity contribution in [3.63, 3.8) is 0 Å². The molecule has 0 saturated carbocycles. The summed E-state index contributed by atoms with van der Waals surface area (Å²) in [5, 5.41) is 2.62. The van der Waals surface area contributed by atoms with Crippen molar-refractivity contribution in [1.29, 1.82) is 0 Å². The average Bonchev–Trinajstić information content (AvgIpc) is 2.74. The van der Waals surface area contributed by atoms with E-state index < -0.39 is 15.9 Å². The maximum Gasteiger partial charge on any atom is 0.257 e. The lowest BCUT2D eigenvalue weighted by molar-refractivity contribution is 0.0730. The third kappa shape index (κ3) is 4.65. The van der Waals surface area contributed by atoms with E-state index in [1.54, 1.807) is 18.2 Å². The van der Waals surface area contributed by atoms with Crippen LogP contribution in [-0.4, -0.2) is 59.2 Å². The van der Waals surface area contributed by atoms with Crippen LogP contribution in [0.3, 0.4) is 0 Å². The lowest BCUT2D eigenvalue weighted by atomic mass is 10.2. The second kappa shape index (κ2) is 9.40. The van der Waals surface area contributed by atoms with E-state index in [1.807, 2.05) is 0 Å². The molecule has 0 radical (unpaired) electrons. The van der Waals surface area contributed by atoms with E-state index in [0.29, 0.717) is 17.2 Å². The molecule has 0 aliphatic carbocycles. The Hall–Kier alpha value is -2.04. The monoisotopic (exact) mass is 474 g/mol. The number of carbonyl (C=O) groups is 1. The van der Waals surface area contributed by atoms with E-state index in [4.69, 9.17) is 37.4 Å². The number of halogens is 2. The zero-order valence-corrected chi connectivity index (χ0v) is 18.6. The molecule has 1 heterocycles. The summed E-state index contributed by atoms with van der Waals surface area (Å²) in [4.78, 5) is 12.7. The van der Waals surface area contributed by atoms with Gasteiger partial charge in [0.15, 0.2) is 0 Å². The highest BCUT2D eigenvalue weighted by molar-refractivity contribution is 7.89. The minimum Gasteiger partial charge on any atom is -0.497 e. The molecule has 1 amide bonds. The number of methoxy groups -OCH3 is 2. The van der Waals surface area contributed by atoms with Gasteiger partial charge < -0.3 is 19.5 Å². The third-order valence-corrected chi connectivity index (χ3v) is 7.18. The van der Waals surface area contributed by atoms with Gasteiger partial charge >= 0.3 is 0 Å². The number of hydrogen-bond donors (Lipinski definition) is 1. The van der Waals surface area contributed by atoms with Crippen LogP contribution in [0.1, 0.15) is 10.4 Å². The minimum atomic E-state index is -3.92. The maximum absolute atomic E-state index is 13.0. The number of rotatable bonds is 6. The number of ether oxygens (including phenoxy) is 3. The minimum absolute atomic E-state index is 0.0142. The van der Waals surface area contributed by atoms with Gasteiger partial charge in [0.05, 0.1) is 48.7 Å². The second-order valence-electron chi connectivity index (χ2n) is 6.30. The Kier molecular flexibility index (Phi) is 7.10. The molecular weight excluding hydrogens is 455 g/mol. The van der Waals surface area contributed by atoms with E-state index >= 15 is 0 Å². The maximum atomic E-state index is 13.0. The van der Waals surface area contributed by atoms with Gasteiger partial charge in [-0.15, -0.1) is 0 Å². The summed E-state index contributed by atoms with van der Waals surface area (Å²) >= 11 is 12.4. The van der Waals surface area contributed by atoms with Crippen LogP contribution < -0.4 is 14.8 Å². The number of hydrogen-bond acceptors (Lipinski definition) is 6. The average molecular weight is 475 g/mol. The van der Waals surface area contributed by atoms with Gasteiger partial charge in [0.1, 0.15) is 16.4 Å². The van der Waals surface area contributed by atoms with Gasteiger partial charge in [-0.1, -0.05) is 23.2 Å². The van der Waals surface area contributed by atoms with Crippen molar-refractivity contribution < 1.29 is 27.4 Å². The zero-order valence-electron chi connectivity index (χ0n) is 16.3. The van der Waals surface area contributed by atoms with Crippen LogP contribution in [0, 0.1) is 0 Å². The Bertz CT molecular complexity index is 1060. The van der Waals surface area contributed by atoms with E-state index in [2.05, 4.69) is 5.32 Å². The first-order chi connectivity index (χ1) is 14.3. The number of anilines is 1. The van der Waals surface area contributed by atoms with Crippen molar-refractivity contribution in [3.8, 4) is 11.5 Å². The molecule has 30 heavy (non-hydrogen) atoms. The molecule has 162 valence electrons. The summed E-state index contributed by atoms with van der Waals surface area (Å²) in [7, 11) is -0.973. The van der Waals surface area contributed by atoms with Gasteiger partial charge in [0.2, 0.25) is 10.0 Å².